The lowest BCUT2D eigenvalue weighted by molar-refractivity contribution is 0.178. The number of aryl methyl sites for hydroxylation is 1. The van der Waals surface area contributed by atoms with Crippen molar-refractivity contribution < 1.29 is 0 Å². The molecule has 0 fully saturated rings. The van der Waals surface area contributed by atoms with E-state index in [4.69, 9.17) is 0 Å². The van der Waals surface area contributed by atoms with Gasteiger partial charge in [0.05, 0.1) is 10.7 Å². The maximum atomic E-state index is 4.47. The molecule has 0 saturated carbocycles. The third-order valence-electron chi connectivity index (χ3n) is 3.55. The molecule has 2 N–H and O–H groups in total. The molecule has 0 aromatic carbocycles. The highest BCUT2D eigenvalue weighted by atomic mass is 127. The van der Waals surface area contributed by atoms with Gasteiger partial charge >= 0.3 is 0 Å². The normalized spacial score (nSPS) is 12.0. The fraction of sp³-hybridized carbons (Fsp3) is 0.750. The summed E-state index contributed by atoms with van der Waals surface area (Å²) >= 11 is 1.70. The van der Waals surface area contributed by atoms with Crippen molar-refractivity contribution >= 4 is 41.3 Å². The molecule has 0 spiro atoms. The molecule has 0 radical (unpaired) electrons. The van der Waals surface area contributed by atoms with E-state index in [9.17, 15) is 0 Å². The van der Waals surface area contributed by atoms with Gasteiger partial charge < -0.3 is 10.6 Å². The number of guanidine groups is 1. The fourth-order valence-electron chi connectivity index (χ4n) is 2.47. The third kappa shape index (κ3) is 8.85. The first-order valence-corrected chi connectivity index (χ1v) is 8.93. The van der Waals surface area contributed by atoms with Crippen molar-refractivity contribution in [1.82, 2.24) is 20.5 Å². The van der Waals surface area contributed by atoms with Crippen LogP contribution >= 0.6 is 35.3 Å². The van der Waals surface area contributed by atoms with Gasteiger partial charge in [0.2, 0.25) is 0 Å². The summed E-state index contributed by atoms with van der Waals surface area (Å²) < 4.78 is 0. The van der Waals surface area contributed by atoms with Crippen LogP contribution in [0.25, 0.3) is 0 Å². The first-order valence-electron chi connectivity index (χ1n) is 8.05. The minimum Gasteiger partial charge on any atom is -0.356 e. The minimum absolute atomic E-state index is 0. The van der Waals surface area contributed by atoms with Crippen molar-refractivity contribution in [3.8, 4) is 0 Å². The van der Waals surface area contributed by atoms with Crippen molar-refractivity contribution in [2.24, 2.45) is 4.99 Å². The Balaban J connectivity index is 0.00000484. The van der Waals surface area contributed by atoms with Gasteiger partial charge in [0.25, 0.3) is 0 Å². The summed E-state index contributed by atoms with van der Waals surface area (Å²) in [5.74, 6) is 0.861. The van der Waals surface area contributed by atoms with Crippen LogP contribution in [-0.2, 0) is 6.42 Å². The Kier molecular flexibility index (Phi) is 11.8. The van der Waals surface area contributed by atoms with Crippen LogP contribution in [0.2, 0.25) is 0 Å². The Bertz CT molecular complexity index is 451. The van der Waals surface area contributed by atoms with Crippen LogP contribution in [-0.4, -0.2) is 54.6 Å². The number of hydrogen-bond acceptors (Lipinski definition) is 4. The molecule has 0 saturated heterocycles. The second-order valence-corrected chi connectivity index (χ2v) is 7.02. The summed E-state index contributed by atoms with van der Waals surface area (Å²) in [5.41, 5.74) is 1.15. The highest BCUT2D eigenvalue weighted by Crippen LogP contribution is 2.07. The van der Waals surface area contributed by atoms with E-state index in [0.29, 0.717) is 12.1 Å². The number of nitrogens with one attached hydrogen (secondary N) is 2. The van der Waals surface area contributed by atoms with Crippen molar-refractivity contribution in [3.63, 3.8) is 0 Å². The zero-order chi connectivity index (χ0) is 16.5. The van der Waals surface area contributed by atoms with Gasteiger partial charge in [-0.15, -0.1) is 35.3 Å². The quantitative estimate of drug-likeness (QED) is 0.361. The predicted molar refractivity (Wildman–Crippen MR) is 112 cm³/mol. The SMILES string of the molecule is CN=C(NCCc1csc(C)n1)NCCN(C(C)C)C(C)C.I. The van der Waals surface area contributed by atoms with Gasteiger partial charge in [0.1, 0.15) is 0 Å². The lowest BCUT2D eigenvalue weighted by atomic mass is 10.2. The van der Waals surface area contributed by atoms with E-state index in [-0.39, 0.29) is 24.0 Å². The minimum atomic E-state index is 0. The molecule has 1 heterocycles. The molecular formula is C16H32IN5S. The summed E-state index contributed by atoms with van der Waals surface area (Å²) in [6.45, 7) is 13.8. The van der Waals surface area contributed by atoms with Gasteiger partial charge in [0.15, 0.2) is 5.96 Å². The van der Waals surface area contributed by atoms with E-state index in [1.165, 1.54) is 0 Å². The lowest BCUT2D eigenvalue weighted by Crippen LogP contribution is -2.45. The largest absolute Gasteiger partial charge is 0.356 e. The molecule has 0 unspecified atom stereocenters. The van der Waals surface area contributed by atoms with Crippen LogP contribution < -0.4 is 10.6 Å². The highest BCUT2D eigenvalue weighted by molar-refractivity contribution is 14.0. The van der Waals surface area contributed by atoms with Gasteiger partial charge in [0, 0.05) is 50.6 Å². The molecule has 0 aliphatic rings. The molecular weight excluding hydrogens is 421 g/mol. The molecule has 134 valence electrons. The molecule has 0 aliphatic carbocycles. The number of rotatable bonds is 8. The van der Waals surface area contributed by atoms with Gasteiger partial charge in [-0.2, -0.15) is 0 Å². The second kappa shape index (κ2) is 12.0. The molecule has 1 aromatic rings. The van der Waals surface area contributed by atoms with Crippen LogP contribution in [0.3, 0.4) is 0 Å². The molecule has 1 aromatic heterocycles. The Morgan fingerprint density at radius 2 is 1.83 bits per heavy atom. The van der Waals surface area contributed by atoms with E-state index in [0.717, 1.165) is 42.7 Å². The van der Waals surface area contributed by atoms with E-state index in [2.05, 4.69) is 58.6 Å². The molecule has 23 heavy (non-hydrogen) atoms. The maximum absolute atomic E-state index is 4.47. The van der Waals surface area contributed by atoms with Crippen LogP contribution in [0.5, 0.6) is 0 Å². The summed E-state index contributed by atoms with van der Waals surface area (Å²) in [4.78, 5) is 11.2. The van der Waals surface area contributed by atoms with Crippen LogP contribution in [0, 0.1) is 6.92 Å². The zero-order valence-electron chi connectivity index (χ0n) is 15.2. The average molecular weight is 453 g/mol. The molecule has 7 heteroatoms. The Hall–Kier alpha value is -0.410. The van der Waals surface area contributed by atoms with E-state index in [1.807, 2.05) is 14.0 Å². The fourth-order valence-corrected chi connectivity index (χ4v) is 3.12. The van der Waals surface area contributed by atoms with E-state index >= 15 is 0 Å². The van der Waals surface area contributed by atoms with Crippen molar-refractivity contribution in [2.45, 2.75) is 53.1 Å². The highest BCUT2D eigenvalue weighted by Gasteiger charge is 2.12. The summed E-state index contributed by atoms with van der Waals surface area (Å²) in [6, 6.07) is 1.12. The smallest absolute Gasteiger partial charge is 0.191 e. The monoisotopic (exact) mass is 453 g/mol. The third-order valence-corrected chi connectivity index (χ3v) is 4.38. The standard InChI is InChI=1S/C16H31N5S.HI/c1-12(2)21(13(3)4)10-9-19-16(17-6)18-8-7-15-11-22-14(5)20-15;/h11-13H,7-10H2,1-6H3,(H2,17,18,19);1H. The molecule has 0 amide bonds. The van der Waals surface area contributed by atoms with Crippen LogP contribution in [0.1, 0.15) is 38.4 Å². The van der Waals surface area contributed by atoms with Crippen LogP contribution in [0.15, 0.2) is 10.4 Å². The Morgan fingerprint density at radius 1 is 1.22 bits per heavy atom. The van der Waals surface area contributed by atoms with Crippen molar-refractivity contribution in [2.75, 3.05) is 26.7 Å². The van der Waals surface area contributed by atoms with Gasteiger partial charge in [-0.1, -0.05) is 0 Å². The molecule has 0 aliphatic heterocycles. The average Bonchev–Trinajstić information content (AvgIpc) is 2.86. The topological polar surface area (TPSA) is 52.6 Å². The number of nitrogens with zero attached hydrogens (tertiary/aromatic N) is 3. The first kappa shape index (κ1) is 22.6. The molecule has 1 rings (SSSR count). The molecule has 0 bridgehead atoms. The Labute approximate surface area is 162 Å². The van der Waals surface area contributed by atoms with Gasteiger partial charge in [-0.3, -0.25) is 9.89 Å². The first-order chi connectivity index (χ1) is 10.4. The predicted octanol–water partition coefficient (Wildman–Crippen LogP) is 2.90. The lowest BCUT2D eigenvalue weighted by Gasteiger charge is -2.30. The maximum Gasteiger partial charge on any atom is 0.191 e. The number of thiazole rings is 1. The molecule has 0 atom stereocenters. The van der Waals surface area contributed by atoms with Crippen LogP contribution in [0.4, 0.5) is 0 Å². The molecule has 5 nitrogen and oxygen atoms in total. The van der Waals surface area contributed by atoms with Gasteiger partial charge in [-0.25, -0.2) is 4.98 Å². The van der Waals surface area contributed by atoms with Crippen molar-refractivity contribution in [3.05, 3.63) is 16.1 Å². The summed E-state index contributed by atoms with van der Waals surface area (Å²) in [6.07, 6.45) is 0.926. The van der Waals surface area contributed by atoms with E-state index < -0.39 is 0 Å². The summed E-state index contributed by atoms with van der Waals surface area (Å²) in [5, 5.41) is 9.97. The number of aromatic nitrogens is 1. The Morgan fingerprint density at radius 3 is 2.30 bits per heavy atom. The van der Waals surface area contributed by atoms with E-state index in [1.54, 1.807) is 11.3 Å². The number of halogens is 1. The van der Waals surface area contributed by atoms with Crippen molar-refractivity contribution in [1.29, 1.82) is 0 Å². The number of aliphatic imine (C=N–C) groups is 1. The number of hydrogen-bond donors (Lipinski definition) is 2. The van der Waals surface area contributed by atoms with Gasteiger partial charge in [-0.05, 0) is 34.6 Å². The zero-order valence-corrected chi connectivity index (χ0v) is 18.4. The summed E-state index contributed by atoms with van der Waals surface area (Å²) in [7, 11) is 1.81. The second-order valence-electron chi connectivity index (χ2n) is 5.96.